The number of rotatable bonds is 6. The Balaban J connectivity index is 2.93. The molecule has 1 aromatic carbocycles. The Morgan fingerprint density at radius 3 is 2.83 bits per heavy atom. The second-order valence-corrected chi connectivity index (χ2v) is 4.37. The van der Waals surface area contributed by atoms with Gasteiger partial charge in [-0.2, -0.15) is 11.8 Å². The van der Waals surface area contributed by atoms with Gasteiger partial charge in [-0.05, 0) is 12.3 Å². The van der Waals surface area contributed by atoms with Gasteiger partial charge < -0.3 is 10.7 Å². The number of amides is 1. The third-order valence-corrected chi connectivity index (χ3v) is 2.82. The fourth-order valence-electron chi connectivity index (χ4n) is 1.32. The number of hydrazine groups is 1. The maximum absolute atomic E-state index is 11.8. The first-order valence-electron chi connectivity index (χ1n) is 5.12. The summed E-state index contributed by atoms with van der Waals surface area (Å²) in [6.45, 7) is 0.493. The van der Waals surface area contributed by atoms with Gasteiger partial charge in [0.15, 0.2) is 0 Å². The van der Waals surface area contributed by atoms with Gasteiger partial charge in [0.2, 0.25) is 0 Å². The summed E-state index contributed by atoms with van der Waals surface area (Å²) in [4.78, 5) is 21.9. The molecule has 1 amide bonds. The van der Waals surface area contributed by atoms with E-state index in [1.54, 1.807) is 11.8 Å². The lowest BCUT2D eigenvalue weighted by molar-refractivity contribution is -0.384. The molecule has 0 bridgehead atoms. The van der Waals surface area contributed by atoms with E-state index in [2.05, 4.69) is 10.7 Å². The van der Waals surface area contributed by atoms with Crippen molar-refractivity contribution in [1.29, 1.82) is 0 Å². The average molecular weight is 270 g/mol. The smallest absolute Gasteiger partial charge is 0.270 e. The number of hydrogen-bond donors (Lipinski definition) is 3. The van der Waals surface area contributed by atoms with E-state index in [1.165, 1.54) is 18.2 Å². The molecular formula is C10H14N4O3S. The van der Waals surface area contributed by atoms with Crippen molar-refractivity contribution in [3.05, 3.63) is 33.9 Å². The number of thioether (sulfide) groups is 1. The number of nitrogen functional groups attached to an aromatic ring is 1. The van der Waals surface area contributed by atoms with E-state index < -0.39 is 4.92 Å². The summed E-state index contributed by atoms with van der Waals surface area (Å²) in [5.74, 6) is 5.65. The number of nitrogens with zero attached hydrogens (tertiary/aromatic N) is 1. The van der Waals surface area contributed by atoms with Gasteiger partial charge in [-0.15, -0.1) is 0 Å². The molecule has 0 aliphatic carbocycles. The number of nitro groups is 1. The minimum atomic E-state index is -0.557. The van der Waals surface area contributed by atoms with Gasteiger partial charge in [0.05, 0.1) is 16.2 Å². The van der Waals surface area contributed by atoms with E-state index in [0.29, 0.717) is 12.2 Å². The quantitative estimate of drug-likeness (QED) is 0.307. The van der Waals surface area contributed by atoms with Crippen molar-refractivity contribution in [2.75, 3.05) is 24.0 Å². The first-order valence-corrected chi connectivity index (χ1v) is 6.51. The maximum atomic E-state index is 11.8. The van der Waals surface area contributed by atoms with Crippen LogP contribution in [0.2, 0.25) is 0 Å². The zero-order valence-electron chi connectivity index (χ0n) is 9.80. The summed E-state index contributed by atoms with van der Waals surface area (Å²) in [6, 6.07) is 3.89. The predicted octanol–water partition coefficient (Wildman–Crippen LogP) is 0.973. The molecule has 0 aliphatic rings. The molecule has 0 unspecified atom stereocenters. The second-order valence-electron chi connectivity index (χ2n) is 3.38. The lowest BCUT2D eigenvalue weighted by Gasteiger charge is -2.09. The van der Waals surface area contributed by atoms with E-state index in [9.17, 15) is 14.9 Å². The van der Waals surface area contributed by atoms with Gasteiger partial charge in [0, 0.05) is 24.4 Å². The number of anilines is 1. The number of hydrogen-bond acceptors (Lipinski definition) is 6. The van der Waals surface area contributed by atoms with Gasteiger partial charge in [0.1, 0.15) is 0 Å². The fraction of sp³-hybridized carbons (Fsp3) is 0.300. The maximum Gasteiger partial charge on any atom is 0.270 e. The highest BCUT2D eigenvalue weighted by Crippen LogP contribution is 2.21. The van der Waals surface area contributed by atoms with Gasteiger partial charge in [-0.1, -0.05) is 0 Å². The molecule has 8 heteroatoms. The van der Waals surface area contributed by atoms with Crippen molar-refractivity contribution in [3.8, 4) is 0 Å². The minimum Gasteiger partial charge on any atom is -0.351 e. The molecule has 18 heavy (non-hydrogen) atoms. The molecule has 1 aromatic rings. The largest absolute Gasteiger partial charge is 0.351 e. The van der Waals surface area contributed by atoms with Crippen molar-refractivity contribution in [2.45, 2.75) is 0 Å². The van der Waals surface area contributed by atoms with E-state index in [4.69, 9.17) is 5.84 Å². The Labute approximate surface area is 108 Å². The lowest BCUT2D eigenvalue weighted by atomic mass is 10.1. The van der Waals surface area contributed by atoms with Crippen LogP contribution in [0.4, 0.5) is 11.4 Å². The van der Waals surface area contributed by atoms with Crippen LogP contribution in [0.5, 0.6) is 0 Å². The average Bonchev–Trinajstić information content (AvgIpc) is 2.38. The molecule has 0 spiro atoms. The highest BCUT2D eigenvalue weighted by Gasteiger charge is 2.15. The lowest BCUT2D eigenvalue weighted by Crippen LogP contribution is -2.27. The molecule has 0 aliphatic heterocycles. The van der Waals surface area contributed by atoms with E-state index in [1.807, 2.05) is 6.26 Å². The molecule has 7 nitrogen and oxygen atoms in total. The van der Waals surface area contributed by atoms with Crippen LogP contribution in [-0.2, 0) is 0 Å². The van der Waals surface area contributed by atoms with E-state index >= 15 is 0 Å². The van der Waals surface area contributed by atoms with Crippen molar-refractivity contribution < 1.29 is 9.72 Å². The third kappa shape index (κ3) is 3.60. The van der Waals surface area contributed by atoms with Crippen LogP contribution in [-0.4, -0.2) is 29.4 Å². The summed E-state index contributed by atoms with van der Waals surface area (Å²) in [5, 5.41) is 13.3. The second kappa shape index (κ2) is 6.82. The Morgan fingerprint density at radius 1 is 1.56 bits per heavy atom. The standard InChI is InChI=1S/C10H14N4O3S/c1-18-5-4-12-10(15)8-6-7(14(16)17)2-3-9(8)13-11/h2-3,6,13H,4-5,11H2,1H3,(H,12,15). The first-order chi connectivity index (χ1) is 8.60. The molecule has 0 saturated heterocycles. The number of nitrogens with one attached hydrogen (secondary N) is 2. The highest BCUT2D eigenvalue weighted by molar-refractivity contribution is 7.98. The topological polar surface area (TPSA) is 110 Å². The number of benzene rings is 1. The van der Waals surface area contributed by atoms with Crippen LogP contribution in [0, 0.1) is 10.1 Å². The molecule has 0 fully saturated rings. The fourth-order valence-corrected chi connectivity index (χ4v) is 1.63. The molecule has 0 radical (unpaired) electrons. The Kier molecular flexibility index (Phi) is 5.40. The third-order valence-electron chi connectivity index (χ3n) is 2.21. The number of carbonyl (C=O) groups excluding carboxylic acids is 1. The van der Waals surface area contributed by atoms with Crippen molar-refractivity contribution in [2.24, 2.45) is 5.84 Å². The zero-order valence-corrected chi connectivity index (χ0v) is 10.6. The Hall–Kier alpha value is -1.80. The summed E-state index contributed by atoms with van der Waals surface area (Å²) in [5.41, 5.74) is 2.70. The van der Waals surface area contributed by atoms with Crippen molar-refractivity contribution >= 4 is 29.0 Å². The highest BCUT2D eigenvalue weighted by atomic mass is 32.2. The van der Waals surface area contributed by atoms with Crippen molar-refractivity contribution in [3.63, 3.8) is 0 Å². The molecule has 0 atom stereocenters. The molecule has 0 aromatic heterocycles. The number of carbonyl (C=O) groups is 1. The predicted molar refractivity (Wildman–Crippen MR) is 71.6 cm³/mol. The van der Waals surface area contributed by atoms with Crippen LogP contribution < -0.4 is 16.6 Å². The van der Waals surface area contributed by atoms with Crippen LogP contribution >= 0.6 is 11.8 Å². The van der Waals surface area contributed by atoms with Crippen LogP contribution in [0.1, 0.15) is 10.4 Å². The summed E-state index contributed by atoms with van der Waals surface area (Å²) in [6.07, 6.45) is 1.92. The molecule has 98 valence electrons. The van der Waals surface area contributed by atoms with Crippen LogP contribution in [0.3, 0.4) is 0 Å². The van der Waals surface area contributed by atoms with E-state index in [0.717, 1.165) is 5.75 Å². The minimum absolute atomic E-state index is 0.149. The number of non-ortho nitro benzene ring substituents is 1. The van der Waals surface area contributed by atoms with Crippen molar-refractivity contribution in [1.82, 2.24) is 5.32 Å². The van der Waals surface area contributed by atoms with Crippen LogP contribution in [0.25, 0.3) is 0 Å². The van der Waals surface area contributed by atoms with Gasteiger partial charge >= 0.3 is 0 Å². The SMILES string of the molecule is CSCCNC(=O)c1cc([N+](=O)[O-])ccc1NN. The molecular weight excluding hydrogens is 256 g/mol. The monoisotopic (exact) mass is 270 g/mol. The zero-order chi connectivity index (χ0) is 13.5. The first kappa shape index (κ1) is 14.3. The summed E-state index contributed by atoms with van der Waals surface area (Å²) >= 11 is 1.59. The van der Waals surface area contributed by atoms with Gasteiger partial charge in [0.25, 0.3) is 11.6 Å². The Morgan fingerprint density at radius 2 is 2.28 bits per heavy atom. The molecule has 0 saturated carbocycles. The summed E-state index contributed by atoms with van der Waals surface area (Å²) < 4.78 is 0. The molecule has 4 N–H and O–H groups in total. The Bertz CT molecular complexity index is 453. The summed E-state index contributed by atoms with van der Waals surface area (Å²) in [7, 11) is 0. The van der Waals surface area contributed by atoms with Crippen LogP contribution in [0.15, 0.2) is 18.2 Å². The normalized spacial score (nSPS) is 9.89. The number of nitrogens with two attached hydrogens (primary N) is 1. The number of nitro benzene ring substituents is 1. The molecule has 1 rings (SSSR count). The molecule has 0 heterocycles. The van der Waals surface area contributed by atoms with E-state index in [-0.39, 0.29) is 17.2 Å². The van der Waals surface area contributed by atoms with Gasteiger partial charge in [-0.25, -0.2) is 0 Å². The van der Waals surface area contributed by atoms with Gasteiger partial charge in [-0.3, -0.25) is 20.8 Å².